The number of hydrogen-bond acceptors (Lipinski definition) is 4. The zero-order chi connectivity index (χ0) is 14.4. The average Bonchev–Trinajstić information content (AvgIpc) is 2.98. The molecule has 0 spiro atoms. The molecule has 0 amide bonds. The van der Waals surface area contributed by atoms with E-state index in [2.05, 4.69) is 12.2 Å². The molecule has 0 saturated carbocycles. The second-order valence-electron chi connectivity index (χ2n) is 5.48. The van der Waals surface area contributed by atoms with Crippen LogP contribution in [0.2, 0.25) is 0 Å². The second kappa shape index (κ2) is 7.62. The molecule has 1 aliphatic heterocycles. The van der Waals surface area contributed by atoms with Crippen LogP contribution in [-0.4, -0.2) is 43.1 Å². The SMILES string of the molecule is Cc1ccccc1OCC(O)CNC(C)C1CCCO1. The number of nitrogens with one attached hydrogen (secondary N) is 1. The van der Waals surface area contributed by atoms with E-state index in [1.165, 1.54) is 0 Å². The maximum Gasteiger partial charge on any atom is 0.122 e. The van der Waals surface area contributed by atoms with E-state index in [1.54, 1.807) is 0 Å². The molecule has 2 N–H and O–H groups in total. The van der Waals surface area contributed by atoms with Crippen LogP contribution >= 0.6 is 0 Å². The van der Waals surface area contributed by atoms with Gasteiger partial charge in [-0.1, -0.05) is 18.2 Å². The Morgan fingerprint density at radius 1 is 1.45 bits per heavy atom. The normalized spacial score (nSPS) is 21.6. The molecule has 1 saturated heterocycles. The molecule has 1 aliphatic rings. The maximum absolute atomic E-state index is 9.96. The highest BCUT2D eigenvalue weighted by atomic mass is 16.5. The summed E-state index contributed by atoms with van der Waals surface area (Å²) in [5.74, 6) is 0.832. The van der Waals surface area contributed by atoms with E-state index < -0.39 is 6.10 Å². The van der Waals surface area contributed by atoms with Gasteiger partial charge in [0.2, 0.25) is 0 Å². The Bertz CT molecular complexity index is 404. The summed E-state index contributed by atoms with van der Waals surface area (Å²) in [6.07, 6.45) is 2.00. The van der Waals surface area contributed by atoms with E-state index in [4.69, 9.17) is 9.47 Å². The van der Waals surface area contributed by atoms with Crippen molar-refractivity contribution in [3.05, 3.63) is 29.8 Å². The first-order valence-electron chi connectivity index (χ1n) is 7.38. The summed E-state index contributed by atoms with van der Waals surface area (Å²) in [5, 5.41) is 13.3. The molecule has 1 aromatic rings. The van der Waals surface area contributed by atoms with Crippen molar-refractivity contribution >= 4 is 0 Å². The lowest BCUT2D eigenvalue weighted by Gasteiger charge is -2.22. The van der Waals surface area contributed by atoms with E-state index in [0.717, 1.165) is 30.8 Å². The topological polar surface area (TPSA) is 50.7 Å². The highest BCUT2D eigenvalue weighted by molar-refractivity contribution is 5.31. The summed E-state index contributed by atoms with van der Waals surface area (Å²) < 4.78 is 11.3. The van der Waals surface area contributed by atoms with Gasteiger partial charge in [-0.15, -0.1) is 0 Å². The van der Waals surface area contributed by atoms with Crippen LogP contribution in [0.4, 0.5) is 0 Å². The third-order valence-corrected chi connectivity index (χ3v) is 3.72. The lowest BCUT2D eigenvalue weighted by Crippen LogP contribution is -2.42. The van der Waals surface area contributed by atoms with E-state index in [1.807, 2.05) is 31.2 Å². The fourth-order valence-corrected chi connectivity index (χ4v) is 2.41. The van der Waals surface area contributed by atoms with E-state index >= 15 is 0 Å². The summed E-state index contributed by atoms with van der Waals surface area (Å²) in [6, 6.07) is 8.10. The first kappa shape index (κ1) is 15.3. The van der Waals surface area contributed by atoms with Crippen LogP contribution in [0.25, 0.3) is 0 Å². The number of para-hydroxylation sites is 1. The Kier molecular flexibility index (Phi) is 5.83. The third-order valence-electron chi connectivity index (χ3n) is 3.72. The van der Waals surface area contributed by atoms with Crippen LogP contribution in [0.15, 0.2) is 24.3 Å². The molecule has 4 nitrogen and oxygen atoms in total. The van der Waals surface area contributed by atoms with Crippen molar-refractivity contribution in [2.75, 3.05) is 19.8 Å². The van der Waals surface area contributed by atoms with Crippen molar-refractivity contribution in [1.29, 1.82) is 0 Å². The number of aliphatic hydroxyl groups is 1. The first-order chi connectivity index (χ1) is 9.66. The molecule has 0 bridgehead atoms. The molecule has 4 heteroatoms. The lowest BCUT2D eigenvalue weighted by atomic mass is 10.1. The van der Waals surface area contributed by atoms with Gasteiger partial charge in [0.05, 0.1) is 6.10 Å². The fourth-order valence-electron chi connectivity index (χ4n) is 2.41. The van der Waals surface area contributed by atoms with Crippen molar-refractivity contribution in [2.45, 2.75) is 44.9 Å². The molecule has 2 rings (SSSR count). The minimum absolute atomic E-state index is 0.269. The van der Waals surface area contributed by atoms with Gasteiger partial charge in [0.25, 0.3) is 0 Å². The molecule has 3 unspecified atom stereocenters. The molecule has 20 heavy (non-hydrogen) atoms. The number of aliphatic hydroxyl groups excluding tert-OH is 1. The Balaban J connectivity index is 1.67. The predicted molar refractivity (Wildman–Crippen MR) is 79.1 cm³/mol. The number of hydrogen-bond donors (Lipinski definition) is 2. The Morgan fingerprint density at radius 3 is 2.95 bits per heavy atom. The zero-order valence-corrected chi connectivity index (χ0v) is 12.3. The number of aryl methyl sites for hydroxylation is 1. The van der Waals surface area contributed by atoms with Crippen LogP contribution in [0.5, 0.6) is 5.75 Å². The van der Waals surface area contributed by atoms with Gasteiger partial charge in [-0.05, 0) is 38.3 Å². The van der Waals surface area contributed by atoms with Gasteiger partial charge in [-0.2, -0.15) is 0 Å². The van der Waals surface area contributed by atoms with Crippen LogP contribution in [0.3, 0.4) is 0 Å². The standard InChI is InChI=1S/C16H25NO3/c1-12-6-3-4-7-15(12)20-11-14(18)10-17-13(2)16-8-5-9-19-16/h3-4,6-7,13-14,16-18H,5,8-11H2,1-2H3. The smallest absolute Gasteiger partial charge is 0.122 e. The second-order valence-corrected chi connectivity index (χ2v) is 5.48. The van der Waals surface area contributed by atoms with Crippen molar-refractivity contribution in [3.8, 4) is 5.75 Å². The number of rotatable bonds is 7. The Labute approximate surface area is 121 Å². The largest absolute Gasteiger partial charge is 0.491 e. The highest BCUT2D eigenvalue weighted by Gasteiger charge is 2.22. The van der Waals surface area contributed by atoms with Crippen LogP contribution in [0.1, 0.15) is 25.3 Å². The molecule has 0 aliphatic carbocycles. The third kappa shape index (κ3) is 4.47. The molecular formula is C16H25NO3. The highest BCUT2D eigenvalue weighted by Crippen LogP contribution is 2.17. The van der Waals surface area contributed by atoms with Crippen molar-refractivity contribution in [3.63, 3.8) is 0 Å². The monoisotopic (exact) mass is 279 g/mol. The minimum Gasteiger partial charge on any atom is -0.491 e. The molecule has 1 fully saturated rings. The number of benzene rings is 1. The van der Waals surface area contributed by atoms with Crippen LogP contribution in [-0.2, 0) is 4.74 Å². The summed E-state index contributed by atoms with van der Waals surface area (Å²) in [5.41, 5.74) is 1.08. The van der Waals surface area contributed by atoms with Crippen molar-refractivity contribution in [1.82, 2.24) is 5.32 Å². The van der Waals surface area contributed by atoms with Crippen LogP contribution in [0, 0.1) is 6.92 Å². The quantitative estimate of drug-likeness (QED) is 0.800. The minimum atomic E-state index is -0.515. The van der Waals surface area contributed by atoms with E-state index in [0.29, 0.717) is 13.2 Å². The van der Waals surface area contributed by atoms with Gasteiger partial charge in [0.1, 0.15) is 18.5 Å². The predicted octanol–water partition coefficient (Wildman–Crippen LogP) is 1.89. The summed E-state index contributed by atoms with van der Waals surface area (Å²) in [4.78, 5) is 0. The van der Waals surface area contributed by atoms with E-state index in [9.17, 15) is 5.11 Å². The maximum atomic E-state index is 9.96. The molecular weight excluding hydrogens is 254 g/mol. The molecule has 1 heterocycles. The van der Waals surface area contributed by atoms with Gasteiger partial charge in [0.15, 0.2) is 0 Å². The summed E-state index contributed by atoms with van der Waals surface area (Å²) in [7, 11) is 0. The molecule has 3 atom stereocenters. The summed E-state index contributed by atoms with van der Waals surface area (Å²) >= 11 is 0. The lowest BCUT2D eigenvalue weighted by molar-refractivity contribution is 0.0674. The van der Waals surface area contributed by atoms with Gasteiger partial charge in [-0.3, -0.25) is 0 Å². The van der Waals surface area contributed by atoms with Crippen LogP contribution < -0.4 is 10.1 Å². The first-order valence-corrected chi connectivity index (χ1v) is 7.38. The summed E-state index contributed by atoms with van der Waals surface area (Å²) in [6.45, 7) is 5.78. The van der Waals surface area contributed by atoms with Crippen molar-refractivity contribution < 1.29 is 14.6 Å². The van der Waals surface area contributed by atoms with Gasteiger partial charge in [0, 0.05) is 19.2 Å². The van der Waals surface area contributed by atoms with Crippen molar-refractivity contribution in [2.24, 2.45) is 0 Å². The molecule has 1 aromatic carbocycles. The average molecular weight is 279 g/mol. The fraction of sp³-hybridized carbons (Fsp3) is 0.625. The van der Waals surface area contributed by atoms with Gasteiger partial charge < -0.3 is 19.9 Å². The zero-order valence-electron chi connectivity index (χ0n) is 12.3. The molecule has 112 valence electrons. The molecule has 0 aromatic heterocycles. The number of ether oxygens (including phenoxy) is 2. The molecule has 0 radical (unpaired) electrons. The van der Waals surface area contributed by atoms with Gasteiger partial charge >= 0.3 is 0 Å². The Hall–Kier alpha value is -1.10. The Morgan fingerprint density at radius 2 is 2.25 bits per heavy atom. The van der Waals surface area contributed by atoms with E-state index in [-0.39, 0.29) is 12.1 Å². The van der Waals surface area contributed by atoms with Gasteiger partial charge in [-0.25, -0.2) is 0 Å².